The summed E-state index contributed by atoms with van der Waals surface area (Å²) in [6.45, 7) is 4.46. The van der Waals surface area contributed by atoms with Crippen molar-refractivity contribution in [3.8, 4) is 0 Å². The zero-order chi connectivity index (χ0) is 12.7. The predicted octanol–water partition coefficient (Wildman–Crippen LogP) is 0.0526. The van der Waals surface area contributed by atoms with Crippen LogP contribution < -0.4 is 5.32 Å². The van der Waals surface area contributed by atoms with Gasteiger partial charge in [-0.2, -0.15) is 0 Å². The number of urea groups is 1. The summed E-state index contributed by atoms with van der Waals surface area (Å²) in [6.07, 6.45) is 0. The van der Waals surface area contributed by atoms with Crippen molar-refractivity contribution in [3.63, 3.8) is 0 Å². The lowest BCUT2D eigenvalue weighted by Gasteiger charge is -2.24. The minimum atomic E-state index is -1.00. The Bertz CT molecular complexity index is 243. The SMILES string of the molecule is CCN(CC(=O)O)C(=O)NC(C)CN(C)C. The monoisotopic (exact) mass is 231 g/mol. The molecule has 0 bridgehead atoms. The lowest BCUT2D eigenvalue weighted by molar-refractivity contribution is -0.137. The van der Waals surface area contributed by atoms with E-state index in [2.05, 4.69) is 5.32 Å². The van der Waals surface area contributed by atoms with Crippen LogP contribution in [0.15, 0.2) is 0 Å². The second-order valence-corrected chi connectivity index (χ2v) is 4.02. The van der Waals surface area contributed by atoms with Crippen LogP contribution in [0.5, 0.6) is 0 Å². The minimum Gasteiger partial charge on any atom is -0.480 e. The van der Waals surface area contributed by atoms with Crippen LogP contribution in [0.25, 0.3) is 0 Å². The first-order valence-electron chi connectivity index (χ1n) is 5.28. The van der Waals surface area contributed by atoms with Crippen molar-refractivity contribution in [1.82, 2.24) is 15.1 Å². The Balaban J connectivity index is 4.15. The molecule has 0 aliphatic heterocycles. The molecule has 0 rings (SSSR count). The zero-order valence-corrected chi connectivity index (χ0v) is 10.4. The number of hydrogen-bond acceptors (Lipinski definition) is 3. The molecular formula is C10H21N3O3. The first-order chi connectivity index (χ1) is 7.36. The fraction of sp³-hybridized carbons (Fsp3) is 0.800. The maximum Gasteiger partial charge on any atom is 0.323 e. The van der Waals surface area contributed by atoms with Gasteiger partial charge in [-0.3, -0.25) is 4.79 Å². The Kier molecular flexibility index (Phi) is 6.48. The van der Waals surface area contributed by atoms with Crippen LogP contribution in [0.1, 0.15) is 13.8 Å². The number of nitrogens with zero attached hydrogens (tertiary/aromatic N) is 2. The van der Waals surface area contributed by atoms with E-state index in [0.717, 1.165) is 6.54 Å². The molecule has 1 unspecified atom stereocenters. The third-order valence-electron chi connectivity index (χ3n) is 2.00. The van der Waals surface area contributed by atoms with Gasteiger partial charge in [0.1, 0.15) is 6.54 Å². The lowest BCUT2D eigenvalue weighted by atomic mass is 10.3. The van der Waals surface area contributed by atoms with E-state index in [1.165, 1.54) is 4.90 Å². The summed E-state index contributed by atoms with van der Waals surface area (Å²) in [7, 11) is 3.83. The van der Waals surface area contributed by atoms with Gasteiger partial charge in [-0.05, 0) is 27.9 Å². The number of carbonyl (C=O) groups excluding carboxylic acids is 1. The van der Waals surface area contributed by atoms with Crippen molar-refractivity contribution in [2.24, 2.45) is 0 Å². The Morgan fingerprint density at radius 1 is 1.38 bits per heavy atom. The summed E-state index contributed by atoms with van der Waals surface area (Å²) in [5.41, 5.74) is 0. The molecule has 94 valence electrons. The fourth-order valence-corrected chi connectivity index (χ4v) is 1.39. The van der Waals surface area contributed by atoms with Gasteiger partial charge in [-0.25, -0.2) is 4.79 Å². The van der Waals surface area contributed by atoms with Gasteiger partial charge in [-0.1, -0.05) is 0 Å². The summed E-state index contributed by atoms with van der Waals surface area (Å²) < 4.78 is 0. The van der Waals surface area contributed by atoms with E-state index < -0.39 is 5.97 Å². The van der Waals surface area contributed by atoms with Gasteiger partial charge in [0, 0.05) is 19.1 Å². The molecule has 0 aliphatic rings. The number of carboxylic acid groups (broad SMARTS) is 1. The summed E-state index contributed by atoms with van der Waals surface area (Å²) >= 11 is 0. The molecule has 1 atom stereocenters. The highest BCUT2D eigenvalue weighted by atomic mass is 16.4. The average molecular weight is 231 g/mol. The molecule has 0 spiro atoms. The van der Waals surface area contributed by atoms with Crippen molar-refractivity contribution in [2.75, 3.05) is 33.7 Å². The summed E-state index contributed by atoms with van der Waals surface area (Å²) in [4.78, 5) is 25.4. The summed E-state index contributed by atoms with van der Waals surface area (Å²) in [5.74, 6) is -1.00. The van der Waals surface area contributed by atoms with Crippen LogP contribution in [0.3, 0.4) is 0 Å². The normalized spacial score (nSPS) is 12.3. The molecule has 0 saturated carbocycles. The molecule has 0 radical (unpaired) electrons. The third kappa shape index (κ3) is 6.23. The van der Waals surface area contributed by atoms with Crippen molar-refractivity contribution in [1.29, 1.82) is 0 Å². The number of nitrogens with one attached hydrogen (secondary N) is 1. The summed E-state index contributed by atoms with van der Waals surface area (Å²) in [5, 5.41) is 11.4. The molecule has 16 heavy (non-hydrogen) atoms. The number of amides is 2. The zero-order valence-electron chi connectivity index (χ0n) is 10.4. The molecule has 0 aliphatic carbocycles. The van der Waals surface area contributed by atoms with Gasteiger partial charge < -0.3 is 20.2 Å². The number of hydrogen-bond donors (Lipinski definition) is 2. The maximum atomic E-state index is 11.6. The van der Waals surface area contributed by atoms with Crippen LogP contribution in [-0.2, 0) is 4.79 Å². The fourth-order valence-electron chi connectivity index (χ4n) is 1.39. The van der Waals surface area contributed by atoms with Crippen molar-refractivity contribution >= 4 is 12.0 Å². The first kappa shape index (κ1) is 14.7. The molecule has 0 aromatic carbocycles. The van der Waals surface area contributed by atoms with E-state index in [1.807, 2.05) is 25.9 Å². The minimum absolute atomic E-state index is 0.00894. The van der Waals surface area contributed by atoms with Crippen molar-refractivity contribution in [2.45, 2.75) is 19.9 Å². The Morgan fingerprint density at radius 3 is 2.31 bits per heavy atom. The van der Waals surface area contributed by atoms with Gasteiger partial charge in [-0.15, -0.1) is 0 Å². The van der Waals surface area contributed by atoms with Gasteiger partial charge >= 0.3 is 12.0 Å². The standard InChI is InChI=1S/C10H21N3O3/c1-5-13(7-9(14)15)10(16)11-8(2)6-12(3)4/h8H,5-7H2,1-4H3,(H,11,16)(H,14,15). The highest BCUT2D eigenvalue weighted by molar-refractivity contribution is 5.80. The van der Waals surface area contributed by atoms with Crippen LogP contribution >= 0.6 is 0 Å². The van der Waals surface area contributed by atoms with Gasteiger partial charge in [0.05, 0.1) is 0 Å². The molecule has 6 nitrogen and oxygen atoms in total. The second-order valence-electron chi connectivity index (χ2n) is 4.02. The van der Waals surface area contributed by atoms with E-state index >= 15 is 0 Å². The van der Waals surface area contributed by atoms with E-state index in [0.29, 0.717) is 6.54 Å². The number of aliphatic carboxylic acids is 1. The number of carbonyl (C=O) groups is 2. The Hall–Kier alpha value is -1.30. The molecule has 0 aromatic rings. The van der Waals surface area contributed by atoms with Crippen LogP contribution in [0.4, 0.5) is 4.79 Å². The second kappa shape index (κ2) is 7.05. The molecule has 0 fully saturated rings. The molecule has 2 N–H and O–H groups in total. The van der Waals surface area contributed by atoms with Crippen LogP contribution in [0, 0.1) is 0 Å². The van der Waals surface area contributed by atoms with E-state index in [1.54, 1.807) is 6.92 Å². The van der Waals surface area contributed by atoms with Gasteiger partial charge in [0.25, 0.3) is 0 Å². The Labute approximate surface area is 96.2 Å². The number of carboxylic acids is 1. The lowest BCUT2D eigenvalue weighted by Crippen LogP contribution is -2.48. The van der Waals surface area contributed by atoms with E-state index in [4.69, 9.17) is 5.11 Å². The largest absolute Gasteiger partial charge is 0.480 e. The predicted molar refractivity (Wildman–Crippen MR) is 61.4 cm³/mol. The maximum absolute atomic E-state index is 11.6. The quantitative estimate of drug-likeness (QED) is 0.677. The molecular weight excluding hydrogens is 210 g/mol. The molecule has 2 amide bonds. The highest BCUT2D eigenvalue weighted by Gasteiger charge is 2.16. The number of likely N-dealkylation sites (N-methyl/N-ethyl adjacent to an activating group) is 2. The van der Waals surface area contributed by atoms with Crippen molar-refractivity contribution in [3.05, 3.63) is 0 Å². The van der Waals surface area contributed by atoms with E-state index in [9.17, 15) is 9.59 Å². The van der Waals surface area contributed by atoms with E-state index in [-0.39, 0.29) is 18.6 Å². The molecule has 6 heteroatoms. The molecule has 0 heterocycles. The molecule has 0 saturated heterocycles. The van der Waals surface area contributed by atoms with Crippen LogP contribution in [-0.4, -0.2) is 66.7 Å². The Morgan fingerprint density at radius 2 is 1.94 bits per heavy atom. The van der Waals surface area contributed by atoms with Gasteiger partial charge in [0.2, 0.25) is 0 Å². The first-order valence-corrected chi connectivity index (χ1v) is 5.28. The molecule has 0 aromatic heterocycles. The third-order valence-corrected chi connectivity index (χ3v) is 2.00. The van der Waals surface area contributed by atoms with Gasteiger partial charge in [0.15, 0.2) is 0 Å². The van der Waals surface area contributed by atoms with Crippen LogP contribution in [0.2, 0.25) is 0 Å². The van der Waals surface area contributed by atoms with Crippen molar-refractivity contribution < 1.29 is 14.7 Å². The topological polar surface area (TPSA) is 72.9 Å². The summed E-state index contributed by atoms with van der Waals surface area (Å²) in [6, 6.07) is -0.343. The average Bonchev–Trinajstić information content (AvgIpc) is 2.11. The highest BCUT2D eigenvalue weighted by Crippen LogP contribution is 1.92. The number of rotatable bonds is 6. The smallest absolute Gasteiger partial charge is 0.323 e.